The van der Waals surface area contributed by atoms with Gasteiger partial charge in [0, 0.05) is 31.7 Å². The number of hydrogen-bond acceptors (Lipinski definition) is 4. The van der Waals surface area contributed by atoms with Crippen molar-refractivity contribution in [2.24, 2.45) is 0 Å². The van der Waals surface area contributed by atoms with E-state index in [0.717, 1.165) is 22.9 Å². The van der Waals surface area contributed by atoms with Gasteiger partial charge in [-0.15, -0.1) is 0 Å². The molecule has 0 aliphatic rings. The number of H-pyrrole nitrogens is 1. The molecular weight excluding hydrogens is 268 g/mol. The topological polar surface area (TPSA) is 79.2 Å². The smallest absolute Gasteiger partial charge is 0.257 e. The molecule has 0 saturated carbocycles. The zero-order chi connectivity index (χ0) is 15.0. The molecule has 1 amide bonds. The maximum absolute atomic E-state index is 12.5. The molecule has 0 radical (unpaired) electrons. The Bertz CT molecular complexity index is 789. The molecule has 108 valence electrons. The Morgan fingerprint density at radius 2 is 2.19 bits per heavy atom. The van der Waals surface area contributed by atoms with Gasteiger partial charge in [0.25, 0.3) is 5.91 Å². The number of carbonyl (C=O) groups is 1. The van der Waals surface area contributed by atoms with Crippen molar-refractivity contribution < 1.29 is 4.79 Å². The number of rotatable bonds is 3. The van der Waals surface area contributed by atoms with Crippen molar-refractivity contribution in [2.75, 3.05) is 7.05 Å². The van der Waals surface area contributed by atoms with Crippen molar-refractivity contribution in [3.05, 3.63) is 47.4 Å². The molecule has 7 heteroatoms. The van der Waals surface area contributed by atoms with Crippen molar-refractivity contribution in [3.8, 4) is 0 Å². The van der Waals surface area contributed by atoms with E-state index >= 15 is 0 Å². The fourth-order valence-electron chi connectivity index (χ4n) is 2.26. The first-order valence-electron chi connectivity index (χ1n) is 6.62. The Kier molecular flexibility index (Phi) is 3.17. The van der Waals surface area contributed by atoms with E-state index < -0.39 is 0 Å². The standard InChI is InChI=1S/C14H16N6O/c1-9-6-13-17-7-11(10(2)20(13)18-9)14(21)19(3)8-12-15-4-5-16-12/h4-7H,8H2,1-3H3,(H,15,16). The van der Waals surface area contributed by atoms with Crippen LogP contribution in [0.25, 0.3) is 5.65 Å². The minimum absolute atomic E-state index is 0.105. The summed E-state index contributed by atoms with van der Waals surface area (Å²) in [5.74, 6) is 0.638. The van der Waals surface area contributed by atoms with Gasteiger partial charge in [0.15, 0.2) is 5.65 Å². The van der Waals surface area contributed by atoms with Crippen molar-refractivity contribution in [2.45, 2.75) is 20.4 Å². The van der Waals surface area contributed by atoms with E-state index in [0.29, 0.717) is 12.1 Å². The monoisotopic (exact) mass is 284 g/mol. The lowest BCUT2D eigenvalue weighted by molar-refractivity contribution is 0.0780. The largest absolute Gasteiger partial charge is 0.347 e. The van der Waals surface area contributed by atoms with Crippen LogP contribution in [0.1, 0.15) is 27.6 Å². The molecular formula is C14H16N6O. The number of fused-ring (bicyclic) bond motifs is 1. The summed E-state index contributed by atoms with van der Waals surface area (Å²) in [5, 5.41) is 4.36. The second-order valence-corrected chi connectivity index (χ2v) is 5.01. The summed E-state index contributed by atoms with van der Waals surface area (Å²) in [7, 11) is 1.74. The van der Waals surface area contributed by atoms with E-state index in [1.165, 1.54) is 0 Å². The van der Waals surface area contributed by atoms with Gasteiger partial charge in [-0.1, -0.05) is 0 Å². The number of carbonyl (C=O) groups excluding carboxylic acids is 1. The van der Waals surface area contributed by atoms with Crippen LogP contribution in [0.2, 0.25) is 0 Å². The van der Waals surface area contributed by atoms with Gasteiger partial charge in [0.2, 0.25) is 0 Å². The third-order valence-corrected chi connectivity index (χ3v) is 3.37. The molecule has 0 aromatic carbocycles. The molecule has 0 aliphatic carbocycles. The van der Waals surface area contributed by atoms with Crippen LogP contribution >= 0.6 is 0 Å². The predicted octanol–water partition coefficient (Wildman–Crippen LogP) is 1.34. The van der Waals surface area contributed by atoms with Crippen LogP contribution in [0.5, 0.6) is 0 Å². The maximum atomic E-state index is 12.5. The number of nitrogens with zero attached hydrogens (tertiary/aromatic N) is 5. The van der Waals surface area contributed by atoms with Crippen molar-refractivity contribution >= 4 is 11.6 Å². The minimum Gasteiger partial charge on any atom is -0.347 e. The highest BCUT2D eigenvalue weighted by atomic mass is 16.2. The molecule has 3 aromatic heterocycles. The van der Waals surface area contributed by atoms with E-state index in [-0.39, 0.29) is 5.91 Å². The number of aromatic amines is 1. The second kappa shape index (κ2) is 5.01. The highest BCUT2D eigenvalue weighted by Crippen LogP contribution is 2.13. The van der Waals surface area contributed by atoms with E-state index in [9.17, 15) is 4.79 Å². The summed E-state index contributed by atoms with van der Waals surface area (Å²) in [4.78, 5) is 25.5. The number of imidazole rings is 1. The molecule has 0 bridgehead atoms. The molecule has 3 heterocycles. The summed E-state index contributed by atoms with van der Waals surface area (Å²) in [6.45, 7) is 4.19. The van der Waals surface area contributed by atoms with Crippen molar-refractivity contribution in [1.29, 1.82) is 0 Å². The van der Waals surface area contributed by atoms with Crippen LogP contribution in [0, 0.1) is 13.8 Å². The normalized spacial score (nSPS) is 11.0. The van der Waals surface area contributed by atoms with Crippen LogP contribution in [0.4, 0.5) is 0 Å². The zero-order valence-corrected chi connectivity index (χ0v) is 12.2. The van der Waals surface area contributed by atoms with Gasteiger partial charge in [-0.25, -0.2) is 14.5 Å². The van der Waals surface area contributed by atoms with Crippen LogP contribution in [0.3, 0.4) is 0 Å². The first kappa shape index (κ1) is 13.3. The average molecular weight is 284 g/mol. The number of amides is 1. The highest BCUT2D eigenvalue weighted by Gasteiger charge is 2.18. The number of hydrogen-bond donors (Lipinski definition) is 1. The summed E-state index contributed by atoms with van der Waals surface area (Å²) in [6.07, 6.45) is 5.00. The molecule has 0 atom stereocenters. The molecule has 3 aromatic rings. The highest BCUT2D eigenvalue weighted by molar-refractivity contribution is 5.95. The quantitative estimate of drug-likeness (QED) is 0.787. The Balaban J connectivity index is 1.92. The SMILES string of the molecule is Cc1cc2ncc(C(=O)N(C)Cc3ncc[nH]3)c(C)n2n1. The molecule has 0 aliphatic heterocycles. The van der Waals surface area contributed by atoms with Crippen LogP contribution in [0.15, 0.2) is 24.7 Å². The van der Waals surface area contributed by atoms with E-state index in [1.54, 1.807) is 35.1 Å². The van der Waals surface area contributed by atoms with Gasteiger partial charge in [-0.3, -0.25) is 4.79 Å². The molecule has 7 nitrogen and oxygen atoms in total. The average Bonchev–Trinajstić information content (AvgIpc) is 3.07. The van der Waals surface area contributed by atoms with E-state index in [4.69, 9.17) is 0 Å². The lowest BCUT2D eigenvalue weighted by atomic mass is 10.2. The van der Waals surface area contributed by atoms with Gasteiger partial charge in [-0.05, 0) is 13.8 Å². The lowest BCUT2D eigenvalue weighted by Gasteiger charge is -2.17. The van der Waals surface area contributed by atoms with Gasteiger partial charge in [0.1, 0.15) is 5.82 Å². The number of aromatic nitrogens is 5. The second-order valence-electron chi connectivity index (χ2n) is 5.01. The number of nitrogens with one attached hydrogen (secondary N) is 1. The van der Waals surface area contributed by atoms with Crippen LogP contribution in [-0.4, -0.2) is 42.4 Å². The summed E-state index contributed by atoms with van der Waals surface area (Å²) < 4.78 is 1.70. The van der Waals surface area contributed by atoms with Gasteiger partial charge in [-0.2, -0.15) is 5.10 Å². The van der Waals surface area contributed by atoms with Crippen molar-refractivity contribution in [3.63, 3.8) is 0 Å². The molecule has 21 heavy (non-hydrogen) atoms. The van der Waals surface area contributed by atoms with Gasteiger partial charge >= 0.3 is 0 Å². The number of aryl methyl sites for hydroxylation is 2. The predicted molar refractivity (Wildman–Crippen MR) is 76.8 cm³/mol. The fraction of sp³-hybridized carbons (Fsp3) is 0.286. The van der Waals surface area contributed by atoms with Crippen molar-refractivity contribution in [1.82, 2.24) is 29.5 Å². The third-order valence-electron chi connectivity index (χ3n) is 3.37. The first-order valence-corrected chi connectivity index (χ1v) is 6.62. The summed E-state index contributed by atoms with van der Waals surface area (Å²) >= 11 is 0. The first-order chi connectivity index (χ1) is 10.1. The summed E-state index contributed by atoms with van der Waals surface area (Å²) in [5.41, 5.74) is 2.94. The summed E-state index contributed by atoms with van der Waals surface area (Å²) in [6, 6.07) is 1.88. The molecule has 3 rings (SSSR count). The lowest BCUT2D eigenvalue weighted by Crippen LogP contribution is -2.28. The zero-order valence-electron chi connectivity index (χ0n) is 12.2. The Morgan fingerprint density at radius 1 is 1.38 bits per heavy atom. The van der Waals surface area contributed by atoms with Crippen LogP contribution in [-0.2, 0) is 6.54 Å². The van der Waals surface area contributed by atoms with Crippen LogP contribution < -0.4 is 0 Å². The Morgan fingerprint density at radius 3 is 2.90 bits per heavy atom. The van der Waals surface area contributed by atoms with E-state index in [1.807, 2.05) is 19.9 Å². The fourth-order valence-corrected chi connectivity index (χ4v) is 2.26. The molecule has 0 spiro atoms. The molecule has 0 saturated heterocycles. The van der Waals surface area contributed by atoms with Gasteiger partial charge < -0.3 is 9.88 Å². The Labute approximate surface area is 121 Å². The third kappa shape index (κ3) is 2.37. The molecule has 0 fully saturated rings. The Hall–Kier alpha value is -2.70. The minimum atomic E-state index is -0.105. The molecule has 0 unspecified atom stereocenters. The van der Waals surface area contributed by atoms with E-state index in [2.05, 4.69) is 20.1 Å². The van der Waals surface area contributed by atoms with Gasteiger partial charge in [0.05, 0.1) is 23.5 Å². The molecule has 1 N–H and O–H groups in total. The maximum Gasteiger partial charge on any atom is 0.257 e.